The normalized spacial score (nSPS) is 23.0. The maximum atomic E-state index is 12.3. The fraction of sp³-hybridized carbons (Fsp3) is 0.533. The van der Waals surface area contributed by atoms with Crippen LogP contribution in [0.5, 0.6) is 0 Å². The number of ether oxygens (including phenoxy) is 1. The molecule has 22 heavy (non-hydrogen) atoms. The molecule has 3 atom stereocenters. The van der Waals surface area contributed by atoms with E-state index in [-0.39, 0.29) is 42.1 Å². The summed E-state index contributed by atoms with van der Waals surface area (Å²) in [5.41, 5.74) is 0.0983. The molecule has 1 N–H and O–H groups in total. The summed E-state index contributed by atoms with van der Waals surface area (Å²) in [6.07, 6.45) is 1.63. The molecule has 114 valence electrons. The Morgan fingerprint density at radius 3 is 2.55 bits per heavy atom. The quantitative estimate of drug-likeness (QED) is 0.562. The van der Waals surface area contributed by atoms with Crippen molar-refractivity contribution in [1.29, 1.82) is 0 Å². The number of hydrogen-bond acceptors (Lipinski definition) is 5. The van der Waals surface area contributed by atoms with Crippen LogP contribution in [0.25, 0.3) is 0 Å². The second kappa shape index (κ2) is 7.55. The van der Waals surface area contributed by atoms with Crippen LogP contribution in [0.3, 0.4) is 0 Å². The first-order valence-electron chi connectivity index (χ1n) is 6.80. The van der Waals surface area contributed by atoms with Gasteiger partial charge in [0, 0.05) is 25.2 Å². The number of nitrogens with one attached hydrogen (secondary N) is 1. The molecule has 1 saturated carbocycles. The molecule has 1 heterocycles. The third-order valence-electron chi connectivity index (χ3n) is 4.06. The summed E-state index contributed by atoms with van der Waals surface area (Å²) in [6, 6.07) is 4.99. The Morgan fingerprint density at radius 2 is 2.09 bits per heavy atom. The van der Waals surface area contributed by atoms with E-state index in [2.05, 4.69) is 10.3 Å². The van der Waals surface area contributed by atoms with Gasteiger partial charge in [-0.15, -0.1) is 0 Å². The summed E-state index contributed by atoms with van der Waals surface area (Å²) in [7, 11) is 1.53. The molecular weight excluding hydrogens is 295 g/mol. The standard InChI is InChI=1S/C15H20N2O4.Na/c1-15(2)11(12(15)14(19)20)13(18)17-10(8-21-3)9-6-4-5-7-16-9;/h4-7,10-12H,8H2,1-3H3,(H,17,18)(H,19,20);/q;+1/p-1/t10-,11-,12+;/m0./s1. The topological polar surface area (TPSA) is 91.3 Å². The molecule has 1 aliphatic carbocycles. The number of carboxylic acids is 1. The van der Waals surface area contributed by atoms with Crippen molar-refractivity contribution in [1.82, 2.24) is 10.3 Å². The first kappa shape index (κ1) is 19.1. The molecule has 1 fully saturated rings. The number of nitrogens with zero attached hydrogens (tertiary/aromatic N) is 1. The Bertz CT molecular complexity index is 536. The van der Waals surface area contributed by atoms with Gasteiger partial charge in [-0.05, 0) is 17.5 Å². The number of carbonyl (C=O) groups is 2. The van der Waals surface area contributed by atoms with E-state index in [1.807, 2.05) is 6.07 Å². The molecule has 0 bridgehead atoms. The second-order valence-electron chi connectivity index (χ2n) is 5.87. The van der Waals surface area contributed by atoms with Crippen LogP contribution in [-0.2, 0) is 14.3 Å². The number of rotatable bonds is 6. The molecular formula is C15H19N2NaO4. The average Bonchev–Trinajstić information content (AvgIpc) is 3.02. The smallest absolute Gasteiger partial charge is 0.550 e. The van der Waals surface area contributed by atoms with E-state index in [4.69, 9.17) is 4.74 Å². The van der Waals surface area contributed by atoms with Gasteiger partial charge in [-0.25, -0.2) is 0 Å². The minimum atomic E-state index is -1.18. The first-order chi connectivity index (χ1) is 9.89. The summed E-state index contributed by atoms with van der Waals surface area (Å²) in [6.45, 7) is 3.78. The van der Waals surface area contributed by atoms with Gasteiger partial charge in [0.05, 0.1) is 24.3 Å². The summed E-state index contributed by atoms with van der Waals surface area (Å²) >= 11 is 0. The minimum Gasteiger partial charge on any atom is -0.550 e. The molecule has 0 saturated heterocycles. The van der Waals surface area contributed by atoms with Crippen molar-refractivity contribution >= 4 is 11.9 Å². The number of pyridine rings is 1. The fourth-order valence-electron chi connectivity index (χ4n) is 2.78. The number of carboxylic acid groups (broad SMARTS) is 1. The fourth-order valence-corrected chi connectivity index (χ4v) is 2.78. The molecule has 0 aliphatic heterocycles. The molecule has 2 rings (SSSR count). The van der Waals surface area contributed by atoms with Crippen molar-refractivity contribution in [3.63, 3.8) is 0 Å². The van der Waals surface area contributed by atoms with Gasteiger partial charge in [0.25, 0.3) is 0 Å². The Labute approximate surface area is 151 Å². The Kier molecular flexibility index (Phi) is 6.55. The Morgan fingerprint density at radius 1 is 1.41 bits per heavy atom. The first-order valence-corrected chi connectivity index (χ1v) is 6.80. The van der Waals surface area contributed by atoms with Crippen molar-refractivity contribution in [2.24, 2.45) is 17.3 Å². The number of carbonyl (C=O) groups excluding carboxylic acids is 2. The number of methoxy groups -OCH3 is 1. The SMILES string of the molecule is COC[C@H](NC(=O)[C@@H]1[C@H](C(=O)[O-])C1(C)C)c1ccccn1.[Na+]. The predicted molar refractivity (Wildman–Crippen MR) is 72.8 cm³/mol. The zero-order chi connectivity index (χ0) is 15.6. The zero-order valence-electron chi connectivity index (χ0n) is 13.3. The molecule has 0 unspecified atom stereocenters. The molecule has 1 amide bonds. The van der Waals surface area contributed by atoms with E-state index < -0.39 is 29.3 Å². The zero-order valence-corrected chi connectivity index (χ0v) is 15.3. The van der Waals surface area contributed by atoms with Gasteiger partial charge in [-0.2, -0.15) is 0 Å². The third-order valence-corrected chi connectivity index (χ3v) is 4.06. The van der Waals surface area contributed by atoms with E-state index in [1.54, 1.807) is 32.2 Å². The van der Waals surface area contributed by atoms with Crippen LogP contribution >= 0.6 is 0 Å². The van der Waals surface area contributed by atoms with Gasteiger partial charge in [0.15, 0.2) is 0 Å². The number of aliphatic carboxylic acids is 1. The summed E-state index contributed by atoms with van der Waals surface area (Å²) in [4.78, 5) is 27.6. The number of hydrogen-bond donors (Lipinski definition) is 1. The molecule has 7 heteroatoms. The Hall–Kier alpha value is -0.950. The average molecular weight is 314 g/mol. The van der Waals surface area contributed by atoms with E-state index in [9.17, 15) is 14.7 Å². The van der Waals surface area contributed by atoms with E-state index >= 15 is 0 Å². The van der Waals surface area contributed by atoms with Crippen LogP contribution in [0, 0.1) is 17.3 Å². The van der Waals surface area contributed by atoms with Crippen LogP contribution < -0.4 is 40.0 Å². The van der Waals surface area contributed by atoms with Crippen LogP contribution in [0.1, 0.15) is 25.6 Å². The summed E-state index contributed by atoms with van der Waals surface area (Å²) < 4.78 is 5.10. The number of aromatic nitrogens is 1. The maximum absolute atomic E-state index is 12.3. The molecule has 0 spiro atoms. The molecule has 6 nitrogen and oxygen atoms in total. The van der Waals surface area contributed by atoms with Gasteiger partial charge >= 0.3 is 29.6 Å². The van der Waals surface area contributed by atoms with Crippen molar-refractivity contribution < 1.29 is 49.0 Å². The molecule has 0 aromatic carbocycles. The maximum Gasteiger partial charge on any atom is 1.00 e. The van der Waals surface area contributed by atoms with Gasteiger partial charge in [-0.1, -0.05) is 19.9 Å². The van der Waals surface area contributed by atoms with Gasteiger partial charge in [-0.3, -0.25) is 9.78 Å². The van der Waals surface area contributed by atoms with E-state index in [0.717, 1.165) is 0 Å². The van der Waals surface area contributed by atoms with Crippen LogP contribution in [0.2, 0.25) is 0 Å². The van der Waals surface area contributed by atoms with E-state index in [1.165, 1.54) is 7.11 Å². The Balaban J connectivity index is 0.00000242. The predicted octanol–water partition coefficient (Wildman–Crippen LogP) is -3.09. The molecule has 1 aromatic heterocycles. The van der Waals surface area contributed by atoms with Gasteiger partial charge < -0.3 is 20.0 Å². The van der Waals surface area contributed by atoms with Crippen LogP contribution in [0.15, 0.2) is 24.4 Å². The van der Waals surface area contributed by atoms with Crippen LogP contribution in [-0.4, -0.2) is 30.6 Å². The molecule has 1 aromatic rings. The molecule has 1 aliphatic rings. The van der Waals surface area contributed by atoms with Crippen molar-refractivity contribution in [3.05, 3.63) is 30.1 Å². The van der Waals surface area contributed by atoms with Crippen molar-refractivity contribution in [2.45, 2.75) is 19.9 Å². The largest absolute Gasteiger partial charge is 1.00 e. The van der Waals surface area contributed by atoms with Crippen molar-refractivity contribution in [3.8, 4) is 0 Å². The van der Waals surface area contributed by atoms with E-state index in [0.29, 0.717) is 5.69 Å². The monoisotopic (exact) mass is 314 g/mol. The van der Waals surface area contributed by atoms with Gasteiger partial charge in [0.2, 0.25) is 5.91 Å². The summed E-state index contributed by atoms with van der Waals surface area (Å²) in [5, 5.41) is 13.9. The van der Waals surface area contributed by atoms with Crippen LogP contribution in [0.4, 0.5) is 0 Å². The molecule has 0 radical (unpaired) electrons. The van der Waals surface area contributed by atoms with Gasteiger partial charge in [0.1, 0.15) is 0 Å². The second-order valence-corrected chi connectivity index (χ2v) is 5.87. The summed E-state index contributed by atoms with van der Waals surface area (Å²) in [5.74, 6) is -2.81. The van der Waals surface area contributed by atoms with Crippen molar-refractivity contribution in [2.75, 3.05) is 13.7 Å². The number of amides is 1. The minimum absolute atomic E-state index is 0. The third kappa shape index (κ3) is 3.87.